The lowest BCUT2D eigenvalue weighted by atomic mass is 10.0. The van der Waals surface area contributed by atoms with Crippen molar-refractivity contribution in [3.8, 4) is 11.5 Å². The Kier molecular flexibility index (Phi) is 6.05. The number of aromatic nitrogens is 1. The van der Waals surface area contributed by atoms with Crippen molar-refractivity contribution < 1.29 is 35.8 Å². The molecule has 0 amide bonds. The number of nitrogens with zero attached hydrogens (tertiary/aromatic N) is 2. The highest BCUT2D eigenvalue weighted by Crippen LogP contribution is 2.38. The third-order valence-electron chi connectivity index (χ3n) is 4.98. The number of methoxy groups -OCH3 is 1. The summed E-state index contributed by atoms with van der Waals surface area (Å²) in [6, 6.07) is 5.29. The van der Waals surface area contributed by atoms with Crippen molar-refractivity contribution in [1.82, 2.24) is 4.98 Å². The number of anilines is 1. The van der Waals surface area contributed by atoms with Gasteiger partial charge < -0.3 is 14.4 Å². The minimum Gasteiger partial charge on any atom is -0.493 e. The second kappa shape index (κ2) is 8.23. The van der Waals surface area contributed by atoms with E-state index in [2.05, 4.69) is 4.98 Å². The molecule has 0 saturated carbocycles. The number of rotatable bonds is 4. The molecule has 1 saturated heterocycles. The summed E-state index contributed by atoms with van der Waals surface area (Å²) < 4.78 is 87.6. The summed E-state index contributed by atoms with van der Waals surface area (Å²) in [5, 5.41) is 0. The van der Waals surface area contributed by atoms with Crippen LogP contribution >= 0.6 is 0 Å². The van der Waals surface area contributed by atoms with Crippen LogP contribution in [0.1, 0.15) is 30.9 Å². The third kappa shape index (κ3) is 4.91. The fourth-order valence-corrected chi connectivity index (χ4v) is 3.42. The van der Waals surface area contributed by atoms with Crippen LogP contribution in [-0.2, 0) is 12.4 Å². The van der Waals surface area contributed by atoms with Gasteiger partial charge in [0.25, 0.3) is 0 Å². The lowest BCUT2D eigenvalue weighted by Gasteiger charge is -2.38. The van der Waals surface area contributed by atoms with E-state index in [4.69, 9.17) is 9.47 Å². The lowest BCUT2D eigenvalue weighted by molar-refractivity contribution is -0.138. The third-order valence-corrected chi connectivity index (χ3v) is 4.98. The van der Waals surface area contributed by atoms with Gasteiger partial charge in [-0.1, -0.05) is 0 Å². The van der Waals surface area contributed by atoms with E-state index in [1.165, 1.54) is 19.2 Å². The molecule has 0 spiro atoms. The number of benzene rings is 1. The smallest absolute Gasteiger partial charge is 0.417 e. The molecule has 30 heavy (non-hydrogen) atoms. The predicted molar refractivity (Wildman–Crippen MR) is 97.7 cm³/mol. The Morgan fingerprint density at radius 2 is 1.63 bits per heavy atom. The summed E-state index contributed by atoms with van der Waals surface area (Å²) in [6.07, 6.45) is -7.36. The number of hydrogen-bond donors (Lipinski definition) is 0. The van der Waals surface area contributed by atoms with Gasteiger partial charge in [0.1, 0.15) is 11.9 Å². The minimum atomic E-state index is -4.49. The summed E-state index contributed by atoms with van der Waals surface area (Å²) in [5.41, 5.74) is -1.64. The average Bonchev–Trinajstić information content (AvgIpc) is 2.67. The highest BCUT2D eigenvalue weighted by molar-refractivity contribution is 5.45. The normalized spacial score (nSPS) is 20.2. The molecule has 1 aliphatic rings. The SMILES string of the molecule is COc1cc(C(F)(F)F)ccc1OC1CCN(c2ccc(C(F)(F)F)cn2)C(C)C1. The van der Waals surface area contributed by atoms with Gasteiger partial charge in [-0.2, -0.15) is 26.3 Å². The molecule has 2 unspecified atom stereocenters. The Bertz CT molecular complexity index is 867. The van der Waals surface area contributed by atoms with Crippen molar-refractivity contribution in [2.45, 2.75) is 44.3 Å². The zero-order chi connectivity index (χ0) is 22.1. The summed E-state index contributed by atoms with van der Waals surface area (Å²) in [6.45, 7) is 2.37. The molecule has 1 fully saturated rings. The number of halogens is 6. The van der Waals surface area contributed by atoms with E-state index in [1.54, 1.807) is 0 Å². The predicted octanol–water partition coefficient (Wildman–Crippen LogP) is 5.56. The Labute approximate surface area is 169 Å². The van der Waals surface area contributed by atoms with Gasteiger partial charge in [0.05, 0.1) is 18.2 Å². The minimum absolute atomic E-state index is 0.00989. The van der Waals surface area contributed by atoms with Crippen LogP contribution in [0.3, 0.4) is 0 Å². The molecule has 1 aromatic heterocycles. The zero-order valence-electron chi connectivity index (χ0n) is 16.2. The van der Waals surface area contributed by atoms with Gasteiger partial charge in [0.15, 0.2) is 11.5 Å². The van der Waals surface area contributed by atoms with Crippen molar-refractivity contribution in [3.05, 3.63) is 47.7 Å². The van der Waals surface area contributed by atoms with E-state index in [0.717, 1.165) is 24.4 Å². The molecule has 4 nitrogen and oxygen atoms in total. The summed E-state index contributed by atoms with van der Waals surface area (Å²) >= 11 is 0. The standard InChI is InChI=1S/C20H20F6N2O2/c1-12-9-15(30-16-5-3-13(19(21,22)23)10-17(16)29-2)7-8-28(12)18-6-4-14(11-27-18)20(24,25)26/h3-6,10-12,15H,7-9H2,1-2H3. The molecule has 0 bridgehead atoms. The van der Waals surface area contributed by atoms with Crippen LogP contribution in [0.2, 0.25) is 0 Å². The fourth-order valence-electron chi connectivity index (χ4n) is 3.42. The number of piperidine rings is 1. The highest BCUT2D eigenvalue weighted by Gasteiger charge is 2.34. The van der Waals surface area contributed by atoms with Gasteiger partial charge in [-0.15, -0.1) is 0 Å². The molecule has 164 valence electrons. The lowest BCUT2D eigenvalue weighted by Crippen LogP contribution is -2.44. The van der Waals surface area contributed by atoms with Crippen molar-refractivity contribution in [2.24, 2.45) is 0 Å². The first kappa shape index (κ1) is 22.0. The van der Waals surface area contributed by atoms with Crippen LogP contribution < -0.4 is 14.4 Å². The van der Waals surface area contributed by atoms with Crippen molar-refractivity contribution >= 4 is 5.82 Å². The first-order valence-electron chi connectivity index (χ1n) is 9.21. The summed E-state index contributed by atoms with van der Waals surface area (Å²) in [7, 11) is 1.27. The van der Waals surface area contributed by atoms with Gasteiger partial charge in [0.2, 0.25) is 0 Å². The molecule has 0 N–H and O–H groups in total. The Morgan fingerprint density at radius 3 is 2.17 bits per heavy atom. The van der Waals surface area contributed by atoms with E-state index >= 15 is 0 Å². The van der Waals surface area contributed by atoms with Gasteiger partial charge in [-0.25, -0.2) is 4.98 Å². The molecule has 2 aromatic rings. The topological polar surface area (TPSA) is 34.6 Å². The maximum Gasteiger partial charge on any atom is 0.417 e. The molecule has 0 radical (unpaired) electrons. The van der Waals surface area contributed by atoms with Crippen LogP contribution in [0.4, 0.5) is 32.2 Å². The van der Waals surface area contributed by atoms with Crippen molar-refractivity contribution in [1.29, 1.82) is 0 Å². The van der Waals surface area contributed by atoms with E-state index in [-0.39, 0.29) is 23.6 Å². The number of alkyl halides is 6. The number of ether oxygens (including phenoxy) is 2. The molecule has 1 aromatic carbocycles. The van der Waals surface area contributed by atoms with Gasteiger partial charge in [-0.05, 0) is 37.3 Å². The Morgan fingerprint density at radius 1 is 0.967 bits per heavy atom. The number of pyridine rings is 1. The van der Waals surface area contributed by atoms with Crippen LogP contribution in [-0.4, -0.2) is 30.8 Å². The van der Waals surface area contributed by atoms with Gasteiger partial charge in [0, 0.05) is 31.6 Å². The van der Waals surface area contributed by atoms with Gasteiger partial charge >= 0.3 is 12.4 Å². The zero-order valence-corrected chi connectivity index (χ0v) is 16.2. The van der Waals surface area contributed by atoms with Crippen molar-refractivity contribution in [2.75, 3.05) is 18.6 Å². The van der Waals surface area contributed by atoms with E-state index in [9.17, 15) is 26.3 Å². The quantitative estimate of drug-likeness (QED) is 0.590. The van der Waals surface area contributed by atoms with Crippen LogP contribution in [0, 0.1) is 0 Å². The molecule has 1 aliphatic heterocycles. The average molecular weight is 434 g/mol. The largest absolute Gasteiger partial charge is 0.493 e. The Balaban J connectivity index is 1.67. The Hall–Kier alpha value is -2.65. The molecule has 10 heteroatoms. The first-order valence-corrected chi connectivity index (χ1v) is 9.21. The summed E-state index contributed by atoms with van der Waals surface area (Å²) in [4.78, 5) is 5.81. The second-order valence-corrected chi connectivity index (χ2v) is 7.07. The molecule has 2 atom stereocenters. The van der Waals surface area contributed by atoms with E-state index in [0.29, 0.717) is 25.2 Å². The van der Waals surface area contributed by atoms with Gasteiger partial charge in [-0.3, -0.25) is 0 Å². The van der Waals surface area contributed by atoms with E-state index < -0.39 is 23.5 Å². The van der Waals surface area contributed by atoms with Crippen LogP contribution in [0.5, 0.6) is 11.5 Å². The molecule has 2 heterocycles. The monoisotopic (exact) mass is 434 g/mol. The molecule has 3 rings (SSSR count). The summed E-state index contributed by atoms with van der Waals surface area (Å²) in [5.74, 6) is 0.633. The van der Waals surface area contributed by atoms with Crippen LogP contribution in [0.15, 0.2) is 36.5 Å². The first-order chi connectivity index (χ1) is 14.0. The maximum absolute atomic E-state index is 12.9. The second-order valence-electron chi connectivity index (χ2n) is 7.07. The van der Waals surface area contributed by atoms with E-state index in [1.807, 2.05) is 11.8 Å². The number of hydrogen-bond acceptors (Lipinski definition) is 4. The molecule has 0 aliphatic carbocycles. The fraction of sp³-hybridized carbons (Fsp3) is 0.450. The maximum atomic E-state index is 12.9. The molecular formula is C20H20F6N2O2. The molecular weight excluding hydrogens is 414 g/mol. The van der Waals surface area contributed by atoms with Crippen LogP contribution in [0.25, 0.3) is 0 Å². The highest BCUT2D eigenvalue weighted by atomic mass is 19.4. The van der Waals surface area contributed by atoms with Crippen molar-refractivity contribution in [3.63, 3.8) is 0 Å².